The standard InChI is InChI=1S/C18H21N5O2/c1-22-10-17(19-12-22)18(24)23-4-5-25-11-14(9-23)6-13-2-3-16-15(7-13)8-20-21-16/h2-3,7-8,10,12,14H,4-6,9,11H2,1H3,(H,20,21). The molecule has 0 aliphatic carbocycles. The summed E-state index contributed by atoms with van der Waals surface area (Å²) < 4.78 is 7.53. The number of nitrogens with zero attached hydrogens (tertiary/aromatic N) is 4. The van der Waals surface area contributed by atoms with Gasteiger partial charge in [0.1, 0.15) is 5.69 Å². The van der Waals surface area contributed by atoms with Gasteiger partial charge in [0.2, 0.25) is 0 Å². The maximum absolute atomic E-state index is 12.7. The van der Waals surface area contributed by atoms with Crippen molar-refractivity contribution in [2.24, 2.45) is 13.0 Å². The predicted molar refractivity (Wildman–Crippen MR) is 93.2 cm³/mol. The highest BCUT2D eigenvalue weighted by molar-refractivity contribution is 5.92. The molecule has 0 bridgehead atoms. The number of carbonyl (C=O) groups is 1. The lowest BCUT2D eigenvalue weighted by atomic mass is 9.98. The summed E-state index contributed by atoms with van der Waals surface area (Å²) in [7, 11) is 1.87. The molecule has 2 aromatic heterocycles. The Balaban J connectivity index is 1.48. The summed E-state index contributed by atoms with van der Waals surface area (Å²) in [5.41, 5.74) is 2.76. The van der Waals surface area contributed by atoms with Crippen LogP contribution >= 0.6 is 0 Å². The summed E-state index contributed by atoms with van der Waals surface area (Å²) in [5, 5.41) is 8.13. The number of H-pyrrole nitrogens is 1. The first kappa shape index (κ1) is 15.8. The molecule has 4 rings (SSSR count). The van der Waals surface area contributed by atoms with Crippen LogP contribution in [0.2, 0.25) is 0 Å². The van der Waals surface area contributed by atoms with Crippen molar-refractivity contribution in [1.82, 2.24) is 24.6 Å². The lowest BCUT2D eigenvalue weighted by Crippen LogP contribution is -2.36. The fraction of sp³-hybridized carbons (Fsp3) is 0.389. The van der Waals surface area contributed by atoms with E-state index < -0.39 is 0 Å². The number of aryl methyl sites for hydroxylation is 1. The number of amides is 1. The largest absolute Gasteiger partial charge is 0.379 e. The van der Waals surface area contributed by atoms with Gasteiger partial charge in [-0.25, -0.2) is 4.98 Å². The van der Waals surface area contributed by atoms with Crippen molar-refractivity contribution in [2.45, 2.75) is 6.42 Å². The summed E-state index contributed by atoms with van der Waals surface area (Å²) in [6, 6.07) is 6.30. The molecule has 1 amide bonds. The summed E-state index contributed by atoms with van der Waals surface area (Å²) >= 11 is 0. The summed E-state index contributed by atoms with van der Waals surface area (Å²) in [4.78, 5) is 18.7. The molecule has 3 heterocycles. The Labute approximate surface area is 145 Å². The highest BCUT2D eigenvalue weighted by Gasteiger charge is 2.24. The molecule has 7 nitrogen and oxygen atoms in total. The second kappa shape index (κ2) is 6.68. The number of carbonyl (C=O) groups excluding carboxylic acids is 1. The fourth-order valence-electron chi connectivity index (χ4n) is 3.33. The molecular weight excluding hydrogens is 318 g/mol. The second-order valence-corrected chi connectivity index (χ2v) is 6.61. The van der Waals surface area contributed by atoms with Gasteiger partial charge in [0, 0.05) is 37.6 Å². The number of ether oxygens (including phenoxy) is 1. The molecule has 1 atom stereocenters. The number of hydrogen-bond donors (Lipinski definition) is 1. The maximum Gasteiger partial charge on any atom is 0.274 e. The first-order chi connectivity index (χ1) is 12.2. The van der Waals surface area contributed by atoms with Crippen molar-refractivity contribution < 1.29 is 9.53 Å². The Kier molecular flexibility index (Phi) is 4.23. The van der Waals surface area contributed by atoms with Crippen molar-refractivity contribution in [3.8, 4) is 0 Å². The molecule has 1 aliphatic heterocycles. The Morgan fingerprint density at radius 1 is 1.44 bits per heavy atom. The van der Waals surface area contributed by atoms with Crippen LogP contribution in [-0.2, 0) is 18.2 Å². The van der Waals surface area contributed by atoms with Crippen molar-refractivity contribution in [3.63, 3.8) is 0 Å². The number of hydrogen-bond acceptors (Lipinski definition) is 4. The van der Waals surface area contributed by atoms with Crippen LogP contribution in [0.15, 0.2) is 36.9 Å². The molecule has 0 radical (unpaired) electrons. The zero-order valence-corrected chi connectivity index (χ0v) is 14.2. The number of benzene rings is 1. The molecule has 3 aromatic rings. The fourth-order valence-corrected chi connectivity index (χ4v) is 3.33. The SMILES string of the molecule is Cn1cnc(C(=O)N2CCOCC(Cc3ccc4[nH]ncc4c3)C2)c1. The minimum Gasteiger partial charge on any atom is -0.379 e. The summed E-state index contributed by atoms with van der Waals surface area (Å²) in [6.07, 6.45) is 6.11. The third kappa shape index (κ3) is 3.41. The van der Waals surface area contributed by atoms with Gasteiger partial charge in [0.05, 0.1) is 31.3 Å². The van der Waals surface area contributed by atoms with Crippen LogP contribution in [0, 0.1) is 5.92 Å². The van der Waals surface area contributed by atoms with Crippen molar-refractivity contribution in [1.29, 1.82) is 0 Å². The van der Waals surface area contributed by atoms with E-state index in [1.165, 1.54) is 5.56 Å². The van der Waals surface area contributed by atoms with Gasteiger partial charge in [-0.2, -0.15) is 5.10 Å². The minimum absolute atomic E-state index is 0.0265. The number of nitrogens with one attached hydrogen (secondary N) is 1. The first-order valence-electron chi connectivity index (χ1n) is 8.46. The second-order valence-electron chi connectivity index (χ2n) is 6.61. The van der Waals surface area contributed by atoms with Crippen molar-refractivity contribution in [2.75, 3.05) is 26.3 Å². The third-order valence-electron chi connectivity index (χ3n) is 4.58. The van der Waals surface area contributed by atoms with Gasteiger partial charge >= 0.3 is 0 Å². The van der Waals surface area contributed by atoms with Crippen LogP contribution in [0.25, 0.3) is 10.9 Å². The van der Waals surface area contributed by atoms with Crippen LogP contribution in [0.1, 0.15) is 16.1 Å². The van der Waals surface area contributed by atoms with Gasteiger partial charge in [-0.15, -0.1) is 0 Å². The van der Waals surface area contributed by atoms with Gasteiger partial charge in [-0.05, 0) is 24.1 Å². The molecule has 7 heteroatoms. The van der Waals surface area contributed by atoms with Crippen LogP contribution < -0.4 is 0 Å². The van der Waals surface area contributed by atoms with E-state index in [0.29, 0.717) is 32.0 Å². The van der Waals surface area contributed by atoms with Crippen LogP contribution in [0.3, 0.4) is 0 Å². The van der Waals surface area contributed by atoms with E-state index in [1.54, 1.807) is 17.1 Å². The maximum atomic E-state index is 12.7. The normalized spacial score (nSPS) is 18.4. The monoisotopic (exact) mass is 339 g/mol. The number of aromatic nitrogens is 4. The van der Waals surface area contributed by atoms with E-state index in [9.17, 15) is 4.79 Å². The molecule has 130 valence electrons. The zero-order valence-electron chi connectivity index (χ0n) is 14.2. The van der Waals surface area contributed by atoms with Crippen LogP contribution in [0.5, 0.6) is 0 Å². The highest BCUT2D eigenvalue weighted by Crippen LogP contribution is 2.19. The molecule has 0 saturated carbocycles. The van der Waals surface area contributed by atoms with E-state index in [4.69, 9.17) is 4.74 Å². The van der Waals surface area contributed by atoms with Gasteiger partial charge < -0.3 is 14.2 Å². The average Bonchev–Trinajstić information content (AvgIpc) is 3.18. The molecule has 1 unspecified atom stereocenters. The number of aromatic amines is 1. The molecule has 1 aliphatic rings. The Morgan fingerprint density at radius 2 is 2.36 bits per heavy atom. The number of fused-ring (bicyclic) bond motifs is 1. The van der Waals surface area contributed by atoms with Crippen LogP contribution in [0.4, 0.5) is 0 Å². The topological polar surface area (TPSA) is 76.0 Å². The van der Waals surface area contributed by atoms with Gasteiger partial charge in [0.25, 0.3) is 5.91 Å². The lowest BCUT2D eigenvalue weighted by molar-refractivity contribution is 0.0732. The first-order valence-corrected chi connectivity index (χ1v) is 8.46. The zero-order chi connectivity index (χ0) is 17.2. The Bertz CT molecular complexity index is 884. The molecule has 25 heavy (non-hydrogen) atoms. The highest BCUT2D eigenvalue weighted by atomic mass is 16.5. The Morgan fingerprint density at radius 3 is 3.20 bits per heavy atom. The van der Waals surface area contributed by atoms with Gasteiger partial charge in [-0.3, -0.25) is 9.89 Å². The summed E-state index contributed by atoms with van der Waals surface area (Å²) in [6.45, 7) is 2.51. The van der Waals surface area contributed by atoms with E-state index in [2.05, 4.69) is 27.3 Å². The smallest absolute Gasteiger partial charge is 0.274 e. The Hall–Kier alpha value is -2.67. The van der Waals surface area contributed by atoms with Gasteiger partial charge in [-0.1, -0.05) is 6.07 Å². The van der Waals surface area contributed by atoms with Crippen molar-refractivity contribution >= 4 is 16.8 Å². The average molecular weight is 339 g/mol. The van der Waals surface area contributed by atoms with E-state index in [1.807, 2.05) is 24.2 Å². The van der Waals surface area contributed by atoms with Crippen molar-refractivity contribution in [3.05, 3.63) is 48.2 Å². The molecule has 1 saturated heterocycles. The summed E-state index contributed by atoms with van der Waals surface area (Å²) in [5.74, 6) is 0.237. The quantitative estimate of drug-likeness (QED) is 0.787. The number of imidazole rings is 1. The van der Waals surface area contributed by atoms with Gasteiger partial charge in [0.15, 0.2) is 0 Å². The number of rotatable bonds is 3. The van der Waals surface area contributed by atoms with Crippen LogP contribution in [-0.4, -0.2) is 56.9 Å². The lowest BCUT2D eigenvalue weighted by Gasteiger charge is -2.23. The third-order valence-corrected chi connectivity index (χ3v) is 4.58. The minimum atomic E-state index is -0.0265. The molecule has 1 aromatic carbocycles. The van der Waals surface area contributed by atoms with E-state index in [0.717, 1.165) is 17.3 Å². The predicted octanol–water partition coefficient (Wildman–Crippen LogP) is 1.63. The molecular formula is C18H21N5O2. The van der Waals surface area contributed by atoms with E-state index in [-0.39, 0.29) is 11.8 Å². The molecule has 1 N–H and O–H groups in total. The molecule has 1 fully saturated rings. The van der Waals surface area contributed by atoms with E-state index >= 15 is 0 Å². The molecule has 0 spiro atoms.